The maximum absolute atomic E-state index is 5.50. The normalized spacial score (nSPS) is 11.9. The van der Waals surface area contributed by atoms with Gasteiger partial charge in [-0.15, -0.1) is 11.3 Å². The summed E-state index contributed by atoms with van der Waals surface area (Å²) in [7, 11) is 0. The third-order valence-corrected chi connectivity index (χ3v) is 24.4. The summed E-state index contributed by atoms with van der Waals surface area (Å²) in [4.78, 5) is 32.1. The molecule has 1 aliphatic carbocycles. The number of nitrogens with zero attached hydrogens (tertiary/aromatic N) is 9. The molecular weight excluding hydrogens is 1440 g/mol. The molecule has 117 heavy (non-hydrogen) atoms. The molecule has 1 aliphatic rings. The SMILES string of the molecule is c1ccc(-c2ccc3c(c2)c2c(-c4nc(-c5ccccc5)nc(-c5cccc6c5c5cc(-c7ccccc7)ccc5n6-c5ccccc5)n4)cccc2n3-c2ccccc2)cc1.c1ccc(-n2c3ccccc3c3c(-c4nc(-c5ccc6c(c5)Cc5ccccc5-6)nc(-c5ccc6c(c5)sc5ccc7ccccc7c56)n4)cccc32)cc1. The highest BCUT2D eigenvalue weighted by Crippen LogP contribution is 2.47. The van der Waals surface area contributed by atoms with E-state index in [1.807, 2.05) is 29.5 Å². The molecule has 0 amide bonds. The predicted molar refractivity (Wildman–Crippen MR) is 485 cm³/mol. The van der Waals surface area contributed by atoms with Crippen molar-refractivity contribution in [3.05, 3.63) is 405 Å². The van der Waals surface area contributed by atoms with Gasteiger partial charge >= 0.3 is 0 Å². The van der Waals surface area contributed by atoms with Gasteiger partial charge in [0, 0.05) is 103 Å². The van der Waals surface area contributed by atoms with E-state index in [0.717, 1.165) is 133 Å². The highest BCUT2D eigenvalue weighted by Gasteiger charge is 2.27. The van der Waals surface area contributed by atoms with Gasteiger partial charge in [0.1, 0.15) is 0 Å². The van der Waals surface area contributed by atoms with Crippen molar-refractivity contribution in [3.8, 4) is 119 Å². The molecule has 0 saturated heterocycles. The Labute approximate surface area is 677 Å². The second kappa shape index (κ2) is 27.8. The van der Waals surface area contributed by atoms with Crippen LogP contribution in [0.3, 0.4) is 0 Å². The number of para-hydroxylation sites is 4. The lowest BCUT2D eigenvalue weighted by Gasteiger charge is -2.11. The smallest absolute Gasteiger partial charge is 0.164 e. The molecule has 0 N–H and O–H groups in total. The lowest BCUT2D eigenvalue weighted by atomic mass is 10.00. The Bertz CT molecular complexity index is 7670. The third-order valence-electron chi connectivity index (χ3n) is 23.2. The monoisotopic (exact) mass is 1510 g/mol. The maximum atomic E-state index is 5.50. The first kappa shape index (κ1) is 67.3. The summed E-state index contributed by atoms with van der Waals surface area (Å²) in [6.45, 7) is 0. The van der Waals surface area contributed by atoms with Gasteiger partial charge in [0.15, 0.2) is 34.9 Å². The fraction of sp³-hybridized carbons (Fsp3) is 0.00935. The number of fused-ring (bicyclic) bond motifs is 17. The third kappa shape index (κ3) is 11.4. The van der Waals surface area contributed by atoms with Gasteiger partial charge in [0.2, 0.25) is 0 Å². The molecule has 0 fully saturated rings. The zero-order valence-electron chi connectivity index (χ0n) is 63.2. The van der Waals surface area contributed by atoms with Crippen LogP contribution in [0.2, 0.25) is 0 Å². The Hall–Kier alpha value is -15.4. The van der Waals surface area contributed by atoms with Crippen molar-refractivity contribution >= 4 is 108 Å². The van der Waals surface area contributed by atoms with Gasteiger partial charge in [-0.25, -0.2) is 29.9 Å². The van der Waals surface area contributed by atoms with E-state index in [0.29, 0.717) is 34.9 Å². The van der Waals surface area contributed by atoms with E-state index >= 15 is 0 Å². The van der Waals surface area contributed by atoms with E-state index in [-0.39, 0.29) is 0 Å². The zero-order chi connectivity index (χ0) is 77.0. The molecule has 23 aromatic rings. The molecular formula is C107H67N9S. The quantitative estimate of drug-likeness (QED) is 0.128. The summed E-state index contributed by atoms with van der Waals surface area (Å²) in [5, 5.41) is 11.8. The van der Waals surface area contributed by atoms with E-state index in [4.69, 9.17) is 29.9 Å². The van der Waals surface area contributed by atoms with E-state index in [9.17, 15) is 0 Å². The fourth-order valence-corrected chi connectivity index (χ4v) is 19.1. The Morgan fingerprint density at radius 3 is 1.13 bits per heavy atom. The molecule has 0 atom stereocenters. The van der Waals surface area contributed by atoms with Crippen LogP contribution in [0.4, 0.5) is 0 Å². The standard InChI is InChI=1S/C57H37N5.C50H30N4S/c1-6-18-38(19-7-1)41-32-34-49-47(36-41)53-45(28-16-30-51(53)61(49)43-24-12-4-13-25-43)56-58-55(40-22-10-3-11-23-40)59-57(60-56)46-29-17-31-52-54(46)48-37-42(39-20-8-2-9-21-39)33-35-50(48)62(52)44-26-14-5-15-27-44;1-2-13-35(14-3-1)54-42-19-9-8-17-39(42)46-41(18-10-20-43(46)54)50-52-48(32-21-24-37-34(28-32)27-31-12-5-6-15-36(31)37)51-49(53-50)33-22-25-40-45(29-33)55-44-26-23-30-11-4-7-16-38(30)47(40)44/h1-37H;1-26,28-29H,27H2. The van der Waals surface area contributed by atoms with Crippen molar-refractivity contribution in [2.75, 3.05) is 0 Å². The first-order chi connectivity index (χ1) is 58.0. The van der Waals surface area contributed by atoms with Crippen LogP contribution in [0, 0.1) is 0 Å². The van der Waals surface area contributed by atoms with Crippen molar-refractivity contribution in [2.45, 2.75) is 6.42 Å². The Morgan fingerprint density at radius 1 is 0.197 bits per heavy atom. The Balaban J connectivity index is 0.000000139. The second-order valence-electron chi connectivity index (χ2n) is 30.0. The number of benzene rings is 17. The average Bonchev–Trinajstić information content (AvgIpc) is 1.57. The Kier molecular flexibility index (Phi) is 16.0. The average molecular weight is 1510 g/mol. The molecule has 0 radical (unpaired) electrons. The highest BCUT2D eigenvalue weighted by atomic mass is 32.1. The first-order valence-corrected chi connectivity index (χ1v) is 40.4. The minimum absolute atomic E-state index is 0.616. The van der Waals surface area contributed by atoms with Crippen LogP contribution in [0.1, 0.15) is 11.1 Å². The van der Waals surface area contributed by atoms with E-state index in [1.54, 1.807) is 0 Å². The lowest BCUT2D eigenvalue weighted by molar-refractivity contribution is 1.08. The Morgan fingerprint density at radius 2 is 0.581 bits per heavy atom. The van der Waals surface area contributed by atoms with Crippen LogP contribution in [0.25, 0.3) is 215 Å². The molecule has 10 heteroatoms. The first-order valence-electron chi connectivity index (χ1n) is 39.6. The molecule has 17 aromatic carbocycles. The molecule has 6 aromatic heterocycles. The van der Waals surface area contributed by atoms with Crippen LogP contribution in [0.5, 0.6) is 0 Å². The molecule has 0 unspecified atom stereocenters. The fourth-order valence-electron chi connectivity index (χ4n) is 18.0. The lowest BCUT2D eigenvalue weighted by Crippen LogP contribution is -2.01. The van der Waals surface area contributed by atoms with Gasteiger partial charge in [0.05, 0.1) is 33.1 Å². The minimum Gasteiger partial charge on any atom is -0.309 e. The van der Waals surface area contributed by atoms with Gasteiger partial charge in [-0.2, -0.15) is 0 Å². The molecule has 0 aliphatic heterocycles. The second-order valence-corrected chi connectivity index (χ2v) is 31.1. The summed E-state index contributed by atoms with van der Waals surface area (Å²) in [6.07, 6.45) is 0.903. The van der Waals surface area contributed by atoms with Crippen molar-refractivity contribution < 1.29 is 0 Å². The molecule has 6 heterocycles. The van der Waals surface area contributed by atoms with Gasteiger partial charge in [-0.05, 0) is 165 Å². The van der Waals surface area contributed by atoms with E-state index in [2.05, 4.69) is 390 Å². The van der Waals surface area contributed by atoms with Crippen LogP contribution >= 0.6 is 11.3 Å². The van der Waals surface area contributed by atoms with Gasteiger partial charge < -0.3 is 13.7 Å². The number of thiophene rings is 1. The van der Waals surface area contributed by atoms with Crippen molar-refractivity contribution in [2.24, 2.45) is 0 Å². The molecule has 9 nitrogen and oxygen atoms in total. The van der Waals surface area contributed by atoms with Crippen molar-refractivity contribution in [1.82, 2.24) is 43.6 Å². The highest BCUT2D eigenvalue weighted by molar-refractivity contribution is 7.26. The summed E-state index contributed by atoms with van der Waals surface area (Å²) in [5.41, 5.74) is 25.6. The summed E-state index contributed by atoms with van der Waals surface area (Å²) in [6, 6.07) is 140. The summed E-state index contributed by atoms with van der Waals surface area (Å²) >= 11 is 1.82. The van der Waals surface area contributed by atoms with Gasteiger partial charge in [0.25, 0.3) is 0 Å². The molecule has 0 spiro atoms. The number of rotatable bonds is 11. The zero-order valence-corrected chi connectivity index (χ0v) is 64.0. The van der Waals surface area contributed by atoms with Crippen LogP contribution in [-0.4, -0.2) is 43.6 Å². The largest absolute Gasteiger partial charge is 0.309 e. The van der Waals surface area contributed by atoms with Crippen LogP contribution in [-0.2, 0) is 6.42 Å². The minimum atomic E-state index is 0.616. The van der Waals surface area contributed by atoms with Gasteiger partial charge in [-0.3, -0.25) is 0 Å². The number of hydrogen-bond acceptors (Lipinski definition) is 7. The molecule has 24 rings (SSSR count). The van der Waals surface area contributed by atoms with Crippen LogP contribution in [0.15, 0.2) is 394 Å². The molecule has 0 saturated carbocycles. The summed E-state index contributed by atoms with van der Waals surface area (Å²) in [5.74, 6) is 3.85. The number of hydrogen-bond donors (Lipinski definition) is 0. The van der Waals surface area contributed by atoms with Crippen molar-refractivity contribution in [1.29, 1.82) is 0 Å². The topological polar surface area (TPSA) is 92.1 Å². The molecule has 546 valence electrons. The number of aromatic nitrogens is 9. The maximum Gasteiger partial charge on any atom is 0.164 e. The van der Waals surface area contributed by atoms with E-state index < -0.39 is 0 Å². The van der Waals surface area contributed by atoms with Gasteiger partial charge in [-0.1, -0.05) is 291 Å². The molecule has 0 bridgehead atoms. The summed E-state index contributed by atoms with van der Waals surface area (Å²) < 4.78 is 9.55. The van der Waals surface area contributed by atoms with E-state index in [1.165, 1.54) is 64.3 Å². The predicted octanol–water partition coefficient (Wildman–Crippen LogP) is 27.5. The van der Waals surface area contributed by atoms with Crippen molar-refractivity contribution in [3.63, 3.8) is 0 Å². The van der Waals surface area contributed by atoms with Crippen LogP contribution < -0.4 is 0 Å².